The van der Waals surface area contributed by atoms with Gasteiger partial charge in [0.15, 0.2) is 0 Å². The molecule has 0 amide bonds. The van der Waals surface area contributed by atoms with E-state index in [4.69, 9.17) is 4.42 Å². The molecule has 1 aromatic heterocycles. The van der Waals surface area contributed by atoms with Crippen molar-refractivity contribution in [3.05, 3.63) is 60.1 Å². The Hall–Kier alpha value is -1.54. The Morgan fingerprint density at radius 3 is 2.47 bits per heavy atom. The normalized spacial score (nSPS) is 12.8. The molecule has 0 spiro atoms. The molecule has 0 saturated carbocycles. The predicted octanol–water partition coefficient (Wildman–Crippen LogP) is 3.85. The number of benzene rings is 1. The van der Waals surface area contributed by atoms with Crippen LogP contribution in [-0.2, 0) is 6.42 Å². The van der Waals surface area contributed by atoms with Crippen LogP contribution in [0.1, 0.15) is 31.1 Å². The van der Waals surface area contributed by atoms with Gasteiger partial charge in [-0.15, -0.1) is 0 Å². The molecule has 0 aliphatic carbocycles. The average Bonchev–Trinajstić information content (AvgIpc) is 2.92. The molecule has 1 atom stereocenters. The lowest BCUT2D eigenvalue weighted by atomic mass is 9.88. The minimum absolute atomic E-state index is 0.567. The molecule has 19 heavy (non-hydrogen) atoms. The van der Waals surface area contributed by atoms with Crippen LogP contribution >= 0.6 is 0 Å². The molecule has 2 nitrogen and oxygen atoms in total. The first kappa shape index (κ1) is 13.9. The lowest BCUT2D eigenvalue weighted by Crippen LogP contribution is -2.26. The molecule has 0 aliphatic rings. The summed E-state index contributed by atoms with van der Waals surface area (Å²) >= 11 is 0. The van der Waals surface area contributed by atoms with Crippen LogP contribution in [0.4, 0.5) is 0 Å². The first-order chi connectivity index (χ1) is 9.27. The zero-order valence-corrected chi connectivity index (χ0v) is 11.8. The maximum absolute atomic E-state index is 5.33. The minimum atomic E-state index is 0.567. The highest BCUT2D eigenvalue weighted by atomic mass is 16.3. The SMILES string of the molecule is CC(C)C(CNCCc1ccco1)c1ccccc1. The Morgan fingerprint density at radius 1 is 1.05 bits per heavy atom. The van der Waals surface area contributed by atoms with E-state index < -0.39 is 0 Å². The van der Waals surface area contributed by atoms with Crippen molar-refractivity contribution >= 4 is 0 Å². The Balaban J connectivity index is 1.81. The molecular formula is C17H23NO. The van der Waals surface area contributed by atoms with E-state index in [-0.39, 0.29) is 0 Å². The summed E-state index contributed by atoms with van der Waals surface area (Å²) in [5, 5.41) is 3.54. The van der Waals surface area contributed by atoms with Crippen LogP contribution < -0.4 is 5.32 Å². The molecule has 0 fully saturated rings. The Bertz CT molecular complexity index is 447. The second-order valence-electron chi connectivity index (χ2n) is 5.29. The molecule has 0 radical (unpaired) electrons. The molecule has 0 bridgehead atoms. The maximum Gasteiger partial charge on any atom is 0.105 e. The van der Waals surface area contributed by atoms with Crippen LogP contribution in [-0.4, -0.2) is 13.1 Å². The summed E-state index contributed by atoms with van der Waals surface area (Å²) in [5.74, 6) is 2.25. The molecule has 2 aromatic rings. The van der Waals surface area contributed by atoms with Crippen molar-refractivity contribution in [2.45, 2.75) is 26.2 Å². The second-order valence-corrected chi connectivity index (χ2v) is 5.29. The van der Waals surface area contributed by atoms with Gasteiger partial charge in [-0.25, -0.2) is 0 Å². The maximum atomic E-state index is 5.33. The van der Waals surface area contributed by atoms with Crippen molar-refractivity contribution in [2.75, 3.05) is 13.1 Å². The highest BCUT2D eigenvalue weighted by Gasteiger charge is 2.14. The van der Waals surface area contributed by atoms with E-state index in [0.717, 1.165) is 25.3 Å². The van der Waals surface area contributed by atoms with Crippen molar-refractivity contribution in [1.29, 1.82) is 0 Å². The van der Waals surface area contributed by atoms with Crippen LogP contribution in [0.25, 0.3) is 0 Å². The summed E-state index contributed by atoms with van der Waals surface area (Å²) in [7, 11) is 0. The third kappa shape index (κ3) is 4.25. The molecule has 0 aliphatic heterocycles. The Labute approximate surface area is 115 Å². The van der Waals surface area contributed by atoms with Crippen LogP contribution in [0.3, 0.4) is 0 Å². The summed E-state index contributed by atoms with van der Waals surface area (Å²) in [6.07, 6.45) is 2.68. The van der Waals surface area contributed by atoms with Gasteiger partial charge in [-0.1, -0.05) is 44.2 Å². The van der Waals surface area contributed by atoms with Gasteiger partial charge in [-0.2, -0.15) is 0 Å². The molecular weight excluding hydrogens is 234 g/mol. The fourth-order valence-corrected chi connectivity index (χ4v) is 2.36. The summed E-state index contributed by atoms with van der Waals surface area (Å²) in [5.41, 5.74) is 1.42. The van der Waals surface area contributed by atoms with E-state index in [1.54, 1.807) is 6.26 Å². The summed E-state index contributed by atoms with van der Waals surface area (Å²) < 4.78 is 5.33. The summed E-state index contributed by atoms with van der Waals surface area (Å²) in [4.78, 5) is 0. The van der Waals surface area contributed by atoms with E-state index in [9.17, 15) is 0 Å². The van der Waals surface area contributed by atoms with Gasteiger partial charge < -0.3 is 9.73 Å². The fourth-order valence-electron chi connectivity index (χ4n) is 2.36. The summed E-state index contributed by atoms with van der Waals surface area (Å²) in [6, 6.07) is 14.7. The van der Waals surface area contributed by atoms with E-state index in [2.05, 4.69) is 49.5 Å². The largest absolute Gasteiger partial charge is 0.469 e. The van der Waals surface area contributed by atoms with Gasteiger partial charge in [0.05, 0.1) is 6.26 Å². The van der Waals surface area contributed by atoms with Crippen LogP contribution in [0.15, 0.2) is 53.1 Å². The third-order valence-electron chi connectivity index (χ3n) is 3.52. The monoisotopic (exact) mass is 257 g/mol. The lowest BCUT2D eigenvalue weighted by Gasteiger charge is -2.21. The molecule has 1 N–H and O–H groups in total. The first-order valence-corrected chi connectivity index (χ1v) is 7.05. The van der Waals surface area contributed by atoms with Crippen molar-refractivity contribution in [2.24, 2.45) is 5.92 Å². The van der Waals surface area contributed by atoms with Crippen LogP contribution in [0, 0.1) is 5.92 Å². The van der Waals surface area contributed by atoms with Gasteiger partial charge >= 0.3 is 0 Å². The molecule has 1 unspecified atom stereocenters. The quantitative estimate of drug-likeness (QED) is 0.762. The van der Waals surface area contributed by atoms with Crippen molar-refractivity contribution in [3.8, 4) is 0 Å². The highest BCUT2D eigenvalue weighted by molar-refractivity contribution is 5.20. The van der Waals surface area contributed by atoms with E-state index in [1.807, 2.05) is 12.1 Å². The van der Waals surface area contributed by atoms with E-state index in [1.165, 1.54) is 5.56 Å². The van der Waals surface area contributed by atoms with Crippen LogP contribution in [0.2, 0.25) is 0 Å². The van der Waals surface area contributed by atoms with Crippen molar-refractivity contribution in [3.63, 3.8) is 0 Å². The predicted molar refractivity (Wildman–Crippen MR) is 79.3 cm³/mol. The highest BCUT2D eigenvalue weighted by Crippen LogP contribution is 2.23. The molecule has 2 heteroatoms. The minimum Gasteiger partial charge on any atom is -0.469 e. The number of rotatable bonds is 7. The van der Waals surface area contributed by atoms with Gasteiger partial charge in [0.2, 0.25) is 0 Å². The van der Waals surface area contributed by atoms with Gasteiger partial charge in [-0.05, 0) is 29.5 Å². The molecule has 1 aromatic carbocycles. The second kappa shape index (κ2) is 7.15. The van der Waals surface area contributed by atoms with E-state index in [0.29, 0.717) is 11.8 Å². The molecule has 2 rings (SSSR count). The number of hydrogen-bond acceptors (Lipinski definition) is 2. The fraction of sp³-hybridized carbons (Fsp3) is 0.412. The van der Waals surface area contributed by atoms with E-state index >= 15 is 0 Å². The van der Waals surface area contributed by atoms with Gasteiger partial charge in [0, 0.05) is 19.5 Å². The first-order valence-electron chi connectivity index (χ1n) is 7.05. The number of furan rings is 1. The topological polar surface area (TPSA) is 25.2 Å². The molecule has 1 heterocycles. The Morgan fingerprint density at radius 2 is 1.84 bits per heavy atom. The third-order valence-corrected chi connectivity index (χ3v) is 3.52. The smallest absolute Gasteiger partial charge is 0.105 e. The zero-order valence-electron chi connectivity index (χ0n) is 11.8. The lowest BCUT2D eigenvalue weighted by molar-refractivity contribution is 0.451. The summed E-state index contributed by atoms with van der Waals surface area (Å²) in [6.45, 7) is 6.55. The number of hydrogen-bond donors (Lipinski definition) is 1. The van der Waals surface area contributed by atoms with Crippen molar-refractivity contribution in [1.82, 2.24) is 5.32 Å². The zero-order chi connectivity index (χ0) is 13.5. The van der Waals surface area contributed by atoms with Gasteiger partial charge in [0.1, 0.15) is 5.76 Å². The van der Waals surface area contributed by atoms with Gasteiger partial charge in [-0.3, -0.25) is 0 Å². The standard InChI is InChI=1S/C17H23NO/c1-14(2)17(15-7-4-3-5-8-15)13-18-11-10-16-9-6-12-19-16/h3-9,12,14,17-18H,10-11,13H2,1-2H3. The Kier molecular flexibility index (Phi) is 5.22. The van der Waals surface area contributed by atoms with Gasteiger partial charge in [0.25, 0.3) is 0 Å². The molecule has 0 saturated heterocycles. The average molecular weight is 257 g/mol. The number of nitrogens with one attached hydrogen (secondary N) is 1. The molecule has 102 valence electrons. The van der Waals surface area contributed by atoms with Crippen LogP contribution in [0.5, 0.6) is 0 Å². The van der Waals surface area contributed by atoms with Crippen molar-refractivity contribution < 1.29 is 4.42 Å².